The number of amides is 2. The van der Waals surface area contributed by atoms with E-state index in [1.54, 1.807) is 17.0 Å². The number of halogens is 2. The molecule has 3 aliphatic rings. The van der Waals surface area contributed by atoms with Crippen molar-refractivity contribution in [2.45, 2.75) is 43.8 Å². The number of likely N-dealkylation sites (N-methyl/N-ethyl adjacent to an activating group) is 1. The number of aromatic nitrogens is 2. The van der Waals surface area contributed by atoms with Gasteiger partial charge >= 0.3 is 6.03 Å². The van der Waals surface area contributed by atoms with Gasteiger partial charge in [-0.05, 0) is 49.6 Å². The lowest BCUT2D eigenvalue weighted by atomic mass is 9.94. The van der Waals surface area contributed by atoms with E-state index < -0.39 is 5.82 Å². The highest BCUT2D eigenvalue weighted by atomic mass is 35.5. The highest BCUT2D eigenvalue weighted by Gasteiger charge is 2.35. The monoisotopic (exact) mass is 488 g/mol. The number of nitrogens with zero attached hydrogens (tertiary/aromatic N) is 4. The van der Waals surface area contributed by atoms with E-state index in [2.05, 4.69) is 20.5 Å². The Balaban J connectivity index is 1.24. The maximum Gasteiger partial charge on any atom is 0.318 e. The van der Waals surface area contributed by atoms with Crippen LogP contribution in [0.3, 0.4) is 0 Å². The van der Waals surface area contributed by atoms with Crippen molar-refractivity contribution < 1.29 is 13.9 Å². The SMILES string of the molecule is CN1C[C@H](c2ccc(F)c(Cl)c2)[C@H](NC(=O)N2CCc3cnc(NC4CCOCC4)nc3C2)C1. The summed E-state index contributed by atoms with van der Waals surface area (Å²) in [5.74, 6) is 0.220. The van der Waals surface area contributed by atoms with E-state index in [0.717, 1.165) is 62.4 Å². The second-order valence-electron chi connectivity index (χ2n) is 9.43. The van der Waals surface area contributed by atoms with Gasteiger partial charge in [0.2, 0.25) is 5.95 Å². The molecule has 4 heterocycles. The highest BCUT2D eigenvalue weighted by Crippen LogP contribution is 2.30. The standard InChI is InChI=1S/C24H30ClFN6O2/c1-31-12-18(15-2-3-20(26)19(25)10-15)22(13-31)30-24(33)32-7-4-16-11-27-23(29-21(16)14-32)28-17-5-8-34-9-6-17/h2-3,10-11,17-18,22H,4-9,12-14H2,1H3,(H,30,33)(H,27,28,29)/t18-,22-/m1/s1. The highest BCUT2D eigenvalue weighted by molar-refractivity contribution is 6.30. The van der Waals surface area contributed by atoms with Gasteiger partial charge < -0.3 is 25.2 Å². The molecule has 8 nitrogen and oxygen atoms in total. The maximum atomic E-state index is 13.7. The van der Waals surface area contributed by atoms with Crippen LogP contribution >= 0.6 is 11.6 Å². The predicted octanol–water partition coefficient (Wildman–Crippen LogP) is 3.03. The van der Waals surface area contributed by atoms with E-state index in [0.29, 0.717) is 25.1 Å². The first-order valence-corrected chi connectivity index (χ1v) is 12.2. The average Bonchev–Trinajstić information content (AvgIpc) is 3.20. The molecule has 1 aromatic heterocycles. The Kier molecular flexibility index (Phi) is 6.85. The van der Waals surface area contributed by atoms with Gasteiger partial charge in [-0.15, -0.1) is 0 Å². The third-order valence-electron chi connectivity index (χ3n) is 6.97. The summed E-state index contributed by atoms with van der Waals surface area (Å²) >= 11 is 6.02. The van der Waals surface area contributed by atoms with Gasteiger partial charge in [0.15, 0.2) is 0 Å². The van der Waals surface area contributed by atoms with E-state index in [9.17, 15) is 9.18 Å². The molecule has 182 valence electrons. The van der Waals surface area contributed by atoms with Crippen LogP contribution in [-0.2, 0) is 17.7 Å². The number of benzene rings is 1. The molecule has 10 heteroatoms. The molecule has 0 radical (unpaired) electrons. The molecule has 2 aromatic rings. The Bertz CT molecular complexity index is 1050. The molecule has 0 spiro atoms. The molecule has 1 aromatic carbocycles. The number of anilines is 1. The molecule has 0 unspecified atom stereocenters. The van der Waals surface area contributed by atoms with E-state index in [4.69, 9.17) is 21.3 Å². The molecule has 2 saturated heterocycles. The molecular weight excluding hydrogens is 459 g/mol. The number of nitrogens with one attached hydrogen (secondary N) is 2. The number of urea groups is 1. The van der Waals surface area contributed by atoms with Crippen LogP contribution in [0.1, 0.15) is 35.6 Å². The lowest BCUT2D eigenvalue weighted by molar-refractivity contribution is 0.0903. The molecule has 0 saturated carbocycles. The van der Waals surface area contributed by atoms with Crippen LogP contribution in [0.4, 0.5) is 15.1 Å². The second kappa shape index (κ2) is 10.0. The summed E-state index contributed by atoms with van der Waals surface area (Å²) in [7, 11) is 2.02. The van der Waals surface area contributed by atoms with Crippen molar-refractivity contribution in [2.24, 2.45) is 0 Å². The van der Waals surface area contributed by atoms with Crippen LogP contribution in [-0.4, -0.2) is 77.8 Å². The van der Waals surface area contributed by atoms with Gasteiger partial charge in [-0.1, -0.05) is 17.7 Å². The van der Waals surface area contributed by atoms with Crippen molar-refractivity contribution >= 4 is 23.6 Å². The van der Waals surface area contributed by atoms with Gasteiger partial charge in [0, 0.05) is 51.0 Å². The van der Waals surface area contributed by atoms with Gasteiger partial charge in [0.1, 0.15) is 5.82 Å². The lowest BCUT2D eigenvalue weighted by Gasteiger charge is -2.31. The number of likely N-dealkylation sites (tertiary alicyclic amines) is 1. The molecule has 34 heavy (non-hydrogen) atoms. The average molecular weight is 489 g/mol. The summed E-state index contributed by atoms with van der Waals surface area (Å²) in [4.78, 5) is 26.4. The van der Waals surface area contributed by atoms with E-state index >= 15 is 0 Å². The fraction of sp³-hybridized carbons (Fsp3) is 0.542. The number of carbonyl (C=O) groups is 1. The quantitative estimate of drug-likeness (QED) is 0.688. The van der Waals surface area contributed by atoms with Crippen molar-refractivity contribution in [2.75, 3.05) is 45.2 Å². The third-order valence-corrected chi connectivity index (χ3v) is 7.26. The fourth-order valence-corrected chi connectivity index (χ4v) is 5.24. The van der Waals surface area contributed by atoms with Crippen molar-refractivity contribution in [1.29, 1.82) is 0 Å². The lowest BCUT2D eigenvalue weighted by Crippen LogP contribution is -2.49. The van der Waals surface area contributed by atoms with Gasteiger partial charge in [-0.3, -0.25) is 0 Å². The first kappa shape index (κ1) is 23.3. The number of rotatable bonds is 4. The number of ether oxygens (including phenoxy) is 1. The largest absolute Gasteiger partial charge is 0.381 e. The Morgan fingerprint density at radius 1 is 1.26 bits per heavy atom. The first-order valence-electron chi connectivity index (χ1n) is 11.8. The first-order chi connectivity index (χ1) is 16.5. The van der Waals surface area contributed by atoms with Crippen LogP contribution in [0.15, 0.2) is 24.4 Å². The minimum absolute atomic E-state index is 0.0433. The Morgan fingerprint density at radius 3 is 2.88 bits per heavy atom. The zero-order valence-corrected chi connectivity index (χ0v) is 20.0. The minimum Gasteiger partial charge on any atom is -0.381 e. The van der Waals surface area contributed by atoms with Crippen molar-refractivity contribution in [1.82, 2.24) is 25.1 Å². The maximum absolute atomic E-state index is 13.7. The number of hydrogen-bond donors (Lipinski definition) is 2. The predicted molar refractivity (Wildman–Crippen MR) is 128 cm³/mol. The Labute approximate surface area is 203 Å². The van der Waals surface area contributed by atoms with Crippen LogP contribution in [0.25, 0.3) is 0 Å². The van der Waals surface area contributed by atoms with Gasteiger partial charge in [0.05, 0.1) is 23.3 Å². The van der Waals surface area contributed by atoms with Crippen LogP contribution in [0.5, 0.6) is 0 Å². The van der Waals surface area contributed by atoms with E-state index in [1.807, 2.05) is 13.2 Å². The summed E-state index contributed by atoms with van der Waals surface area (Å²) in [6.45, 7) is 4.05. The van der Waals surface area contributed by atoms with Crippen molar-refractivity contribution in [3.8, 4) is 0 Å². The third kappa shape index (κ3) is 5.11. The van der Waals surface area contributed by atoms with Crippen LogP contribution in [0, 0.1) is 5.82 Å². The van der Waals surface area contributed by atoms with Crippen molar-refractivity contribution in [3.05, 3.63) is 52.1 Å². The zero-order chi connectivity index (χ0) is 23.7. The second-order valence-corrected chi connectivity index (χ2v) is 9.83. The topological polar surface area (TPSA) is 82.6 Å². The Morgan fingerprint density at radius 2 is 2.09 bits per heavy atom. The minimum atomic E-state index is -0.433. The smallest absolute Gasteiger partial charge is 0.318 e. The van der Waals surface area contributed by atoms with Crippen LogP contribution in [0.2, 0.25) is 5.02 Å². The fourth-order valence-electron chi connectivity index (χ4n) is 5.05. The van der Waals surface area contributed by atoms with E-state index in [-0.39, 0.29) is 23.0 Å². The zero-order valence-electron chi connectivity index (χ0n) is 19.3. The molecule has 2 fully saturated rings. The van der Waals surface area contributed by atoms with Gasteiger partial charge in [-0.2, -0.15) is 0 Å². The molecule has 0 aliphatic carbocycles. The number of fused-ring (bicyclic) bond motifs is 1. The molecule has 2 amide bonds. The molecule has 3 aliphatic heterocycles. The molecule has 5 rings (SSSR count). The normalized spacial score (nSPS) is 23.6. The number of carbonyl (C=O) groups excluding carboxylic acids is 1. The van der Waals surface area contributed by atoms with Crippen LogP contribution < -0.4 is 10.6 Å². The van der Waals surface area contributed by atoms with E-state index in [1.165, 1.54) is 6.07 Å². The summed E-state index contributed by atoms with van der Waals surface area (Å²) in [6.07, 6.45) is 4.47. The Hall–Kier alpha value is -2.49. The molecule has 2 N–H and O–H groups in total. The summed E-state index contributed by atoms with van der Waals surface area (Å²) < 4.78 is 19.1. The van der Waals surface area contributed by atoms with Crippen molar-refractivity contribution in [3.63, 3.8) is 0 Å². The molecular formula is C24H30ClFN6O2. The summed E-state index contributed by atoms with van der Waals surface area (Å²) in [5, 5.41) is 6.72. The summed E-state index contributed by atoms with van der Waals surface area (Å²) in [6, 6.07) is 4.93. The number of hydrogen-bond acceptors (Lipinski definition) is 6. The molecule has 0 bridgehead atoms. The van der Waals surface area contributed by atoms with Gasteiger partial charge in [-0.25, -0.2) is 19.2 Å². The van der Waals surface area contributed by atoms with Gasteiger partial charge in [0.25, 0.3) is 0 Å². The molecule has 2 atom stereocenters. The summed E-state index contributed by atoms with van der Waals surface area (Å²) in [5.41, 5.74) is 2.90.